The Kier molecular flexibility index (Phi) is 5.75. The fraction of sp³-hybridized carbons (Fsp3) is 0.581. The molecule has 42 heavy (non-hydrogen) atoms. The van der Waals surface area contributed by atoms with E-state index in [0.717, 1.165) is 51.1 Å². The minimum absolute atomic E-state index is 0.00256. The smallest absolute Gasteiger partial charge is 0.319 e. The van der Waals surface area contributed by atoms with Crippen LogP contribution in [0.3, 0.4) is 0 Å². The molecular formula is C31H35F3N6O2. The highest BCUT2D eigenvalue weighted by Crippen LogP contribution is 2.45. The van der Waals surface area contributed by atoms with Crippen LogP contribution in [0.2, 0.25) is 0 Å². The molecule has 0 radical (unpaired) electrons. The third-order valence-corrected chi connectivity index (χ3v) is 10.1. The number of phenolic OH excluding ortho intramolecular Hbond substituents is 1. The minimum Gasteiger partial charge on any atom is -0.508 e. The molecule has 222 valence electrons. The normalized spacial score (nSPS) is 30.4. The van der Waals surface area contributed by atoms with Crippen LogP contribution in [0.15, 0.2) is 18.3 Å². The van der Waals surface area contributed by atoms with Crippen molar-refractivity contribution in [2.24, 2.45) is 0 Å². The lowest BCUT2D eigenvalue weighted by atomic mass is 9.77. The highest BCUT2D eigenvalue weighted by molar-refractivity contribution is 5.92. The molecule has 5 aliphatic heterocycles. The first-order valence-electron chi connectivity index (χ1n) is 16.1. The predicted octanol–water partition coefficient (Wildman–Crippen LogP) is 4.84. The summed E-state index contributed by atoms with van der Waals surface area (Å²) >= 11 is 0. The number of aromatic nitrogens is 3. The maximum atomic E-state index is 16.7. The van der Waals surface area contributed by atoms with Crippen molar-refractivity contribution in [2.75, 3.05) is 37.6 Å². The molecule has 0 amide bonds. The number of piperidine rings is 2. The number of benzene rings is 1. The van der Waals surface area contributed by atoms with E-state index in [0.29, 0.717) is 36.3 Å². The first-order chi connectivity index (χ1) is 21.1. The summed E-state index contributed by atoms with van der Waals surface area (Å²) in [6, 6.07) is 2.35. The van der Waals surface area contributed by atoms with Crippen molar-refractivity contribution < 1.29 is 25.8 Å². The molecule has 0 spiro atoms. The molecular weight excluding hydrogens is 545 g/mol. The zero-order valence-corrected chi connectivity index (χ0v) is 23.3. The van der Waals surface area contributed by atoms with E-state index in [1.165, 1.54) is 12.3 Å². The predicted molar refractivity (Wildman–Crippen MR) is 152 cm³/mol. The number of alkyl halides is 1. The monoisotopic (exact) mass is 582 g/mol. The van der Waals surface area contributed by atoms with Gasteiger partial charge in [0, 0.05) is 61.5 Å². The summed E-state index contributed by atoms with van der Waals surface area (Å²) in [5, 5.41) is 14.1. The molecule has 2 unspecified atom stereocenters. The minimum atomic E-state index is -2.35. The Labute approximate surface area is 245 Å². The van der Waals surface area contributed by atoms with E-state index in [9.17, 15) is 9.50 Å². The maximum Gasteiger partial charge on any atom is 0.319 e. The van der Waals surface area contributed by atoms with E-state index < -0.39 is 29.9 Å². The number of anilines is 1. The van der Waals surface area contributed by atoms with Gasteiger partial charge in [0.25, 0.3) is 0 Å². The molecule has 3 aromatic rings. The number of pyridine rings is 1. The van der Waals surface area contributed by atoms with Crippen molar-refractivity contribution in [3.8, 4) is 23.0 Å². The fourth-order valence-corrected chi connectivity index (χ4v) is 7.75. The Morgan fingerprint density at radius 2 is 2.02 bits per heavy atom. The number of phenols is 1. The quantitative estimate of drug-likeness (QED) is 0.427. The third-order valence-electron chi connectivity index (χ3n) is 10.1. The number of halogens is 3. The average Bonchev–Trinajstić information content (AvgIpc) is 3.52. The van der Waals surface area contributed by atoms with Gasteiger partial charge in [-0.05, 0) is 57.1 Å². The van der Waals surface area contributed by atoms with Gasteiger partial charge < -0.3 is 20.1 Å². The summed E-state index contributed by atoms with van der Waals surface area (Å²) in [4.78, 5) is 17.5. The summed E-state index contributed by atoms with van der Waals surface area (Å²) in [7, 11) is 0. The lowest BCUT2D eigenvalue weighted by molar-refractivity contribution is 0.107. The zero-order chi connectivity index (χ0) is 30.4. The number of aromatic hydroxyl groups is 1. The van der Waals surface area contributed by atoms with Crippen LogP contribution in [0.25, 0.3) is 22.2 Å². The molecule has 11 heteroatoms. The van der Waals surface area contributed by atoms with E-state index in [1.807, 2.05) is 4.90 Å². The molecule has 6 fully saturated rings. The molecule has 2 bridgehead atoms. The van der Waals surface area contributed by atoms with Crippen molar-refractivity contribution in [1.82, 2.24) is 25.2 Å². The van der Waals surface area contributed by atoms with Crippen LogP contribution in [0.4, 0.5) is 19.0 Å². The van der Waals surface area contributed by atoms with Crippen LogP contribution in [0, 0.1) is 11.6 Å². The van der Waals surface area contributed by atoms with Crippen LogP contribution >= 0.6 is 0 Å². The van der Waals surface area contributed by atoms with Crippen LogP contribution < -0.4 is 15.0 Å². The first kappa shape index (κ1) is 24.3. The standard InChI is InChI=1S/C31H35F3N6O2/c32-18-11-31(7-2-8-39(31)14-18)16-42-30-37-28-23(29(38-30)40-15-19-5-6-20(40)12-35-19)13-36-27(26(28)34)22-9-21(41)10-24(33)25(22)17-3-1-4-17/h9-10,13,17-20,35,41H,1-8,11-12,14-16H2/t18-,19?,20?,31+/m0/s1/i16D2. The highest BCUT2D eigenvalue weighted by Gasteiger charge is 2.49. The molecule has 7 heterocycles. The Balaban J connectivity index is 1.28. The van der Waals surface area contributed by atoms with Gasteiger partial charge in [-0.2, -0.15) is 9.97 Å². The van der Waals surface area contributed by atoms with Gasteiger partial charge in [0.1, 0.15) is 41.3 Å². The molecule has 8 nitrogen and oxygen atoms in total. The van der Waals surface area contributed by atoms with Gasteiger partial charge in [-0.15, -0.1) is 0 Å². The molecule has 9 rings (SSSR count). The molecule has 5 saturated heterocycles. The number of nitrogens with one attached hydrogen (secondary N) is 1. The van der Waals surface area contributed by atoms with Crippen LogP contribution in [0.5, 0.6) is 11.8 Å². The second-order valence-electron chi connectivity index (χ2n) is 12.6. The van der Waals surface area contributed by atoms with E-state index >= 15 is 8.78 Å². The molecule has 2 N–H and O–H groups in total. The van der Waals surface area contributed by atoms with Gasteiger partial charge in [0.15, 0.2) is 5.82 Å². The van der Waals surface area contributed by atoms with Crippen molar-refractivity contribution >= 4 is 16.7 Å². The number of piperazine rings is 1. The lowest BCUT2D eigenvalue weighted by Crippen LogP contribution is -2.61. The highest BCUT2D eigenvalue weighted by atomic mass is 19.1. The second kappa shape index (κ2) is 9.94. The molecule has 4 atom stereocenters. The van der Waals surface area contributed by atoms with E-state index in [1.54, 1.807) is 0 Å². The fourth-order valence-electron chi connectivity index (χ4n) is 7.75. The molecule has 1 aliphatic carbocycles. The number of fused-ring (bicyclic) bond motifs is 5. The topological polar surface area (TPSA) is 86.6 Å². The van der Waals surface area contributed by atoms with Crippen molar-refractivity contribution in [3.05, 3.63) is 35.5 Å². The van der Waals surface area contributed by atoms with Crippen LogP contribution in [0.1, 0.15) is 65.6 Å². The maximum absolute atomic E-state index is 16.7. The SMILES string of the molecule is [2H]C([2H])(Oc1nc(N2CC3CCC2CN3)c2cnc(-c3cc(O)cc(F)c3C3CCC3)c(F)c2n1)[C@]12CCCN1C[C@@H](F)C2. The number of hydrogen-bond donors (Lipinski definition) is 2. The summed E-state index contributed by atoms with van der Waals surface area (Å²) in [6.07, 6.45) is 5.82. The lowest BCUT2D eigenvalue weighted by Gasteiger charge is -2.46. The van der Waals surface area contributed by atoms with E-state index in [2.05, 4.69) is 25.2 Å². The zero-order valence-electron chi connectivity index (χ0n) is 25.3. The van der Waals surface area contributed by atoms with Gasteiger partial charge in [-0.3, -0.25) is 9.88 Å². The van der Waals surface area contributed by atoms with Crippen LogP contribution in [-0.2, 0) is 0 Å². The van der Waals surface area contributed by atoms with E-state index in [-0.39, 0.29) is 59.5 Å². The Morgan fingerprint density at radius 3 is 2.76 bits per heavy atom. The Bertz CT molecular complexity index is 1640. The largest absolute Gasteiger partial charge is 0.508 e. The summed E-state index contributed by atoms with van der Waals surface area (Å²) < 4.78 is 70.5. The Morgan fingerprint density at radius 1 is 1.14 bits per heavy atom. The van der Waals surface area contributed by atoms with Gasteiger partial charge in [0.2, 0.25) is 0 Å². The number of ether oxygens (including phenoxy) is 1. The molecule has 1 aromatic carbocycles. The molecule has 1 saturated carbocycles. The second-order valence-corrected chi connectivity index (χ2v) is 12.6. The summed E-state index contributed by atoms with van der Waals surface area (Å²) in [6.45, 7) is -0.286. The van der Waals surface area contributed by atoms with Gasteiger partial charge in [-0.25, -0.2) is 13.2 Å². The number of rotatable bonds is 6. The van der Waals surface area contributed by atoms with Gasteiger partial charge >= 0.3 is 6.01 Å². The average molecular weight is 583 g/mol. The molecule has 6 aliphatic rings. The summed E-state index contributed by atoms with van der Waals surface area (Å²) in [5.41, 5.74) is -0.946. The third kappa shape index (κ3) is 4.22. The number of hydrogen-bond acceptors (Lipinski definition) is 8. The van der Waals surface area contributed by atoms with Crippen molar-refractivity contribution in [1.29, 1.82) is 0 Å². The number of nitrogens with zero attached hydrogens (tertiary/aromatic N) is 5. The first-order valence-corrected chi connectivity index (χ1v) is 15.1. The van der Waals surface area contributed by atoms with Gasteiger partial charge in [0.05, 0.1) is 13.7 Å². The molecule has 2 aromatic heterocycles. The van der Waals surface area contributed by atoms with E-state index in [4.69, 9.17) is 7.48 Å². The van der Waals surface area contributed by atoms with Crippen molar-refractivity contribution in [3.63, 3.8) is 0 Å². The van der Waals surface area contributed by atoms with Crippen LogP contribution in [-0.4, -0.2) is 81.5 Å². The van der Waals surface area contributed by atoms with Gasteiger partial charge in [-0.1, -0.05) is 6.42 Å². The van der Waals surface area contributed by atoms with Crippen molar-refractivity contribution in [2.45, 2.75) is 81.1 Å². The Hall–Kier alpha value is -3.18. The summed E-state index contributed by atoms with van der Waals surface area (Å²) in [5.74, 6) is -1.47.